The molecule has 4 rings (SSSR count). The lowest BCUT2D eigenvalue weighted by Crippen LogP contribution is -2.40. The van der Waals surface area contributed by atoms with Gasteiger partial charge in [-0.3, -0.25) is 14.6 Å². The van der Waals surface area contributed by atoms with Crippen LogP contribution in [0.4, 0.5) is 0 Å². The van der Waals surface area contributed by atoms with E-state index in [0.29, 0.717) is 6.54 Å². The van der Waals surface area contributed by atoms with E-state index in [1.54, 1.807) is 0 Å². The minimum atomic E-state index is 0.146. The molecule has 2 aliphatic rings. The fourth-order valence-electron chi connectivity index (χ4n) is 4.92. The van der Waals surface area contributed by atoms with Crippen molar-refractivity contribution in [2.45, 2.75) is 58.2 Å². The maximum Gasteiger partial charge on any atom is 0.223 e. The molecule has 0 saturated carbocycles. The maximum absolute atomic E-state index is 12.7. The number of nitrogens with zero attached hydrogens (tertiary/aromatic N) is 2. The lowest BCUT2D eigenvalue weighted by atomic mass is 9.95. The molecule has 0 bridgehead atoms. The van der Waals surface area contributed by atoms with Crippen molar-refractivity contribution in [2.24, 2.45) is 5.92 Å². The van der Waals surface area contributed by atoms with E-state index in [4.69, 9.17) is 0 Å². The Bertz CT molecular complexity index is 806. The van der Waals surface area contributed by atoms with Gasteiger partial charge in [0.15, 0.2) is 0 Å². The smallest absolute Gasteiger partial charge is 0.223 e. The third-order valence-electron chi connectivity index (χ3n) is 6.77. The van der Waals surface area contributed by atoms with Crippen LogP contribution in [0.2, 0.25) is 0 Å². The Kier molecular flexibility index (Phi) is 8.14. The Labute approximate surface area is 187 Å². The van der Waals surface area contributed by atoms with Crippen LogP contribution >= 0.6 is 0 Å². The van der Waals surface area contributed by atoms with Gasteiger partial charge in [-0.2, -0.15) is 0 Å². The third kappa shape index (κ3) is 6.91. The number of likely N-dealkylation sites (tertiary alicyclic amines) is 2. The summed E-state index contributed by atoms with van der Waals surface area (Å²) in [4.78, 5) is 17.8. The molecule has 2 saturated heterocycles. The molecular weight excluding hydrogens is 382 g/mol. The van der Waals surface area contributed by atoms with E-state index in [1.807, 2.05) is 0 Å². The summed E-state index contributed by atoms with van der Waals surface area (Å²) in [6.45, 7) is 7.07. The summed E-state index contributed by atoms with van der Waals surface area (Å²) < 4.78 is 0. The highest BCUT2D eigenvalue weighted by molar-refractivity contribution is 5.78. The number of carbonyl (C=O) groups excluding carboxylic acids is 1. The molecule has 166 valence electrons. The van der Waals surface area contributed by atoms with E-state index in [0.717, 1.165) is 39.0 Å². The van der Waals surface area contributed by atoms with Crippen LogP contribution in [0, 0.1) is 5.92 Å². The average Bonchev–Trinajstić information content (AvgIpc) is 3.08. The molecular formula is C27H37N3O. The topological polar surface area (TPSA) is 35.6 Å². The van der Waals surface area contributed by atoms with Gasteiger partial charge in [0.05, 0.1) is 0 Å². The van der Waals surface area contributed by atoms with E-state index in [2.05, 4.69) is 69.7 Å². The van der Waals surface area contributed by atoms with Crippen LogP contribution < -0.4 is 5.32 Å². The molecule has 2 aliphatic heterocycles. The van der Waals surface area contributed by atoms with Crippen molar-refractivity contribution in [1.82, 2.24) is 15.1 Å². The van der Waals surface area contributed by atoms with Crippen molar-refractivity contribution in [2.75, 3.05) is 26.2 Å². The van der Waals surface area contributed by atoms with Crippen LogP contribution in [0.15, 0.2) is 54.6 Å². The average molecular weight is 420 g/mol. The second-order valence-corrected chi connectivity index (χ2v) is 9.26. The highest BCUT2D eigenvalue weighted by atomic mass is 16.1. The normalized spacial score (nSPS) is 19.1. The summed E-state index contributed by atoms with van der Waals surface area (Å²) in [6.07, 6.45) is 7.28. The number of amides is 1. The summed E-state index contributed by atoms with van der Waals surface area (Å²) >= 11 is 0. The lowest BCUT2D eigenvalue weighted by molar-refractivity contribution is -0.126. The van der Waals surface area contributed by atoms with Crippen LogP contribution in [0.25, 0.3) is 0 Å². The molecule has 2 aromatic rings. The zero-order valence-corrected chi connectivity index (χ0v) is 18.8. The minimum absolute atomic E-state index is 0.146. The molecule has 4 heteroatoms. The molecule has 2 aromatic carbocycles. The van der Waals surface area contributed by atoms with Gasteiger partial charge in [0.2, 0.25) is 5.91 Å². The van der Waals surface area contributed by atoms with Crippen LogP contribution in [-0.2, 0) is 24.4 Å². The first-order chi connectivity index (χ1) is 15.3. The number of benzene rings is 2. The number of piperidine rings is 1. The fraction of sp³-hybridized carbons (Fsp3) is 0.519. The van der Waals surface area contributed by atoms with E-state index >= 15 is 0 Å². The number of hydrogen-bond donors (Lipinski definition) is 1. The summed E-state index contributed by atoms with van der Waals surface area (Å²) in [7, 11) is 0. The van der Waals surface area contributed by atoms with Crippen molar-refractivity contribution >= 4 is 5.91 Å². The predicted molar refractivity (Wildman–Crippen MR) is 126 cm³/mol. The Morgan fingerprint density at radius 2 is 1.35 bits per heavy atom. The second-order valence-electron chi connectivity index (χ2n) is 9.26. The Hall–Kier alpha value is -2.17. The van der Waals surface area contributed by atoms with Crippen LogP contribution in [-0.4, -0.2) is 41.9 Å². The van der Waals surface area contributed by atoms with Gasteiger partial charge in [-0.15, -0.1) is 0 Å². The first-order valence-corrected chi connectivity index (χ1v) is 12.1. The van der Waals surface area contributed by atoms with E-state index in [1.165, 1.54) is 55.5 Å². The monoisotopic (exact) mass is 419 g/mol. The summed E-state index contributed by atoms with van der Waals surface area (Å²) in [5, 5.41) is 3.20. The highest BCUT2D eigenvalue weighted by Gasteiger charge is 2.24. The SMILES string of the molecule is O=C(NCc1cccc(CN2CCCCCC2)c1)C1CCN(Cc2ccccc2)CC1. The zero-order chi connectivity index (χ0) is 21.3. The van der Waals surface area contributed by atoms with Gasteiger partial charge in [-0.25, -0.2) is 0 Å². The molecule has 0 aromatic heterocycles. The molecule has 2 fully saturated rings. The van der Waals surface area contributed by atoms with Gasteiger partial charge in [0.25, 0.3) is 0 Å². The van der Waals surface area contributed by atoms with Crippen molar-refractivity contribution < 1.29 is 4.79 Å². The van der Waals surface area contributed by atoms with Gasteiger partial charge >= 0.3 is 0 Å². The van der Waals surface area contributed by atoms with Crippen LogP contribution in [0.1, 0.15) is 55.2 Å². The fourth-order valence-corrected chi connectivity index (χ4v) is 4.92. The molecule has 4 nitrogen and oxygen atoms in total. The zero-order valence-electron chi connectivity index (χ0n) is 18.8. The molecule has 0 unspecified atom stereocenters. The van der Waals surface area contributed by atoms with E-state index in [9.17, 15) is 4.79 Å². The molecule has 31 heavy (non-hydrogen) atoms. The van der Waals surface area contributed by atoms with Gasteiger partial charge in [-0.1, -0.05) is 67.4 Å². The molecule has 1 amide bonds. The molecule has 0 atom stereocenters. The van der Waals surface area contributed by atoms with Gasteiger partial charge < -0.3 is 5.32 Å². The molecule has 2 heterocycles. The highest BCUT2D eigenvalue weighted by Crippen LogP contribution is 2.20. The lowest BCUT2D eigenvalue weighted by Gasteiger charge is -2.31. The number of rotatable bonds is 7. The molecule has 1 N–H and O–H groups in total. The minimum Gasteiger partial charge on any atom is -0.352 e. The van der Waals surface area contributed by atoms with E-state index in [-0.39, 0.29) is 11.8 Å². The van der Waals surface area contributed by atoms with Gasteiger partial charge in [0.1, 0.15) is 0 Å². The van der Waals surface area contributed by atoms with Crippen LogP contribution in [0.5, 0.6) is 0 Å². The summed E-state index contributed by atoms with van der Waals surface area (Å²) in [5.74, 6) is 0.365. The molecule has 0 radical (unpaired) electrons. The first-order valence-electron chi connectivity index (χ1n) is 12.1. The summed E-state index contributed by atoms with van der Waals surface area (Å²) in [6, 6.07) is 19.4. The van der Waals surface area contributed by atoms with Crippen molar-refractivity contribution in [3.05, 3.63) is 71.3 Å². The second kappa shape index (κ2) is 11.4. The Morgan fingerprint density at radius 3 is 2.10 bits per heavy atom. The number of hydrogen-bond acceptors (Lipinski definition) is 3. The van der Waals surface area contributed by atoms with Crippen LogP contribution in [0.3, 0.4) is 0 Å². The number of nitrogens with one attached hydrogen (secondary N) is 1. The third-order valence-corrected chi connectivity index (χ3v) is 6.77. The van der Waals surface area contributed by atoms with Crippen molar-refractivity contribution in [1.29, 1.82) is 0 Å². The van der Waals surface area contributed by atoms with Gasteiger partial charge in [0, 0.05) is 25.6 Å². The largest absolute Gasteiger partial charge is 0.352 e. The van der Waals surface area contributed by atoms with E-state index < -0.39 is 0 Å². The van der Waals surface area contributed by atoms with Crippen molar-refractivity contribution in [3.63, 3.8) is 0 Å². The molecule has 0 aliphatic carbocycles. The Balaban J connectivity index is 1.21. The van der Waals surface area contributed by atoms with Gasteiger partial charge in [-0.05, 0) is 68.6 Å². The predicted octanol–water partition coefficient (Wildman–Crippen LogP) is 4.59. The quantitative estimate of drug-likeness (QED) is 0.713. The standard InChI is InChI=1S/C27H37N3O/c31-27(26-13-17-30(18-14-26)21-23-9-4-3-5-10-23)28-20-24-11-8-12-25(19-24)22-29-15-6-1-2-7-16-29/h3-5,8-12,19,26H,1-2,6-7,13-18,20-22H2,(H,28,31). The summed E-state index contributed by atoms with van der Waals surface area (Å²) in [5.41, 5.74) is 3.93. The molecule has 0 spiro atoms. The number of carbonyl (C=O) groups is 1. The maximum atomic E-state index is 12.7. The Morgan fingerprint density at radius 1 is 0.742 bits per heavy atom. The van der Waals surface area contributed by atoms with Crippen molar-refractivity contribution in [3.8, 4) is 0 Å². The first kappa shape index (κ1) is 22.0.